The molecule has 0 saturated carbocycles. The van der Waals surface area contributed by atoms with Crippen LogP contribution in [0.25, 0.3) is 0 Å². The van der Waals surface area contributed by atoms with Gasteiger partial charge in [0.2, 0.25) is 0 Å². The minimum atomic E-state index is -3.45. The Morgan fingerprint density at radius 3 is 2.23 bits per heavy atom. The Hall–Kier alpha value is -3.54. The van der Waals surface area contributed by atoms with Crippen LogP contribution in [-0.2, 0) is 9.84 Å². The Labute approximate surface area is 232 Å². The summed E-state index contributed by atoms with van der Waals surface area (Å²) < 4.78 is 23.4. The molecule has 2 heterocycles. The predicted octanol–water partition coefficient (Wildman–Crippen LogP) is 4.42. The van der Waals surface area contributed by atoms with Gasteiger partial charge in [0.25, 0.3) is 11.8 Å². The Bertz CT molecular complexity index is 1460. The molecule has 10 nitrogen and oxygen atoms in total. The van der Waals surface area contributed by atoms with E-state index < -0.39 is 21.7 Å². The van der Waals surface area contributed by atoms with Gasteiger partial charge >= 0.3 is 0 Å². The van der Waals surface area contributed by atoms with Crippen LogP contribution in [0.5, 0.6) is 0 Å². The van der Waals surface area contributed by atoms with Gasteiger partial charge in [0.05, 0.1) is 21.8 Å². The molecule has 206 valence electrons. The molecule has 0 unspecified atom stereocenters. The largest absolute Gasteiger partial charge is 0.340 e. The van der Waals surface area contributed by atoms with E-state index >= 15 is 0 Å². The molecule has 3 aromatic rings. The zero-order valence-corrected chi connectivity index (χ0v) is 23.1. The van der Waals surface area contributed by atoms with Crippen molar-refractivity contribution in [2.45, 2.75) is 37.0 Å². The summed E-state index contributed by atoms with van der Waals surface area (Å²) in [5.41, 5.74) is 1.23. The van der Waals surface area contributed by atoms with Crippen molar-refractivity contribution in [1.29, 1.82) is 0 Å². The number of amides is 2. The fourth-order valence-electron chi connectivity index (χ4n) is 4.38. The first-order valence-corrected chi connectivity index (χ1v) is 14.9. The van der Waals surface area contributed by atoms with Crippen LogP contribution in [0.15, 0.2) is 53.7 Å². The van der Waals surface area contributed by atoms with Crippen LogP contribution in [-0.4, -0.2) is 66.8 Å². The maximum atomic E-state index is 12.8. The maximum Gasteiger partial charge on any atom is 0.274 e. The minimum Gasteiger partial charge on any atom is -0.340 e. The van der Waals surface area contributed by atoms with Crippen LogP contribution in [0.2, 0.25) is 5.02 Å². The highest BCUT2D eigenvalue weighted by Gasteiger charge is 2.21. The highest BCUT2D eigenvalue weighted by Crippen LogP contribution is 2.23. The average Bonchev–Trinajstić information content (AvgIpc) is 3.40. The van der Waals surface area contributed by atoms with E-state index in [4.69, 9.17) is 11.6 Å². The summed E-state index contributed by atoms with van der Waals surface area (Å²) in [7, 11) is -3.45. The summed E-state index contributed by atoms with van der Waals surface area (Å²) in [6.07, 6.45) is 7.07. The summed E-state index contributed by atoms with van der Waals surface area (Å²) in [4.78, 5) is 47.4. The highest BCUT2D eigenvalue weighted by molar-refractivity contribution is 7.90. The maximum absolute atomic E-state index is 12.8. The number of sulfone groups is 1. The van der Waals surface area contributed by atoms with Crippen molar-refractivity contribution in [3.8, 4) is 0 Å². The lowest BCUT2D eigenvalue weighted by Crippen LogP contribution is -2.30. The number of aromatic nitrogens is 2. The number of anilines is 2. The van der Waals surface area contributed by atoms with Crippen LogP contribution in [0, 0.1) is 0 Å². The van der Waals surface area contributed by atoms with Crippen LogP contribution in [0.4, 0.5) is 11.4 Å². The molecule has 0 spiro atoms. The number of likely N-dealkylation sites (tertiary alicyclic amines) is 1. The molecule has 2 amide bonds. The van der Waals surface area contributed by atoms with Gasteiger partial charge in [0.15, 0.2) is 15.6 Å². The number of hydrogen-bond donors (Lipinski definition) is 3. The van der Waals surface area contributed by atoms with Gasteiger partial charge in [0, 0.05) is 24.1 Å². The van der Waals surface area contributed by atoms with Crippen molar-refractivity contribution in [2.75, 3.05) is 36.5 Å². The molecule has 2 aromatic carbocycles. The van der Waals surface area contributed by atoms with E-state index in [-0.39, 0.29) is 32.7 Å². The normalized spacial score (nSPS) is 14.1. The smallest absolute Gasteiger partial charge is 0.274 e. The van der Waals surface area contributed by atoms with E-state index in [0.717, 1.165) is 25.9 Å². The Morgan fingerprint density at radius 2 is 1.62 bits per heavy atom. The zero-order valence-electron chi connectivity index (χ0n) is 21.5. The zero-order chi connectivity index (χ0) is 28.0. The average molecular weight is 572 g/mol. The van der Waals surface area contributed by atoms with E-state index in [1.54, 1.807) is 24.3 Å². The molecular formula is C27H30ClN5O5S. The molecule has 1 aliphatic rings. The standard InChI is InChI=1S/C27H30ClN5O5S/c1-39(37,38)20-11-12-21(22(28)16-20)26(35)31-18-7-9-19(10-8-18)32-27(36)25-24(29-17-30-25)23(34)6-5-15-33-13-3-2-4-14-33/h7-12,16-17H,2-6,13-15H2,1H3,(H,29,30)(H,31,35)(H,32,36). The summed E-state index contributed by atoms with van der Waals surface area (Å²) in [5.74, 6) is -1.20. The third-order valence-electron chi connectivity index (χ3n) is 6.47. The van der Waals surface area contributed by atoms with E-state index in [9.17, 15) is 22.8 Å². The summed E-state index contributed by atoms with van der Waals surface area (Å²) >= 11 is 6.12. The molecule has 39 heavy (non-hydrogen) atoms. The van der Waals surface area contributed by atoms with Crippen LogP contribution in [0.1, 0.15) is 63.4 Å². The van der Waals surface area contributed by atoms with Gasteiger partial charge in [-0.2, -0.15) is 0 Å². The molecular weight excluding hydrogens is 542 g/mol. The van der Waals surface area contributed by atoms with E-state index in [1.807, 2.05) is 0 Å². The third-order valence-corrected chi connectivity index (χ3v) is 7.89. The number of carbonyl (C=O) groups excluding carboxylic acids is 3. The van der Waals surface area contributed by atoms with E-state index in [0.29, 0.717) is 24.2 Å². The molecule has 1 aliphatic heterocycles. The second-order valence-corrected chi connectivity index (χ2v) is 11.9. The molecule has 4 rings (SSSR count). The topological polar surface area (TPSA) is 141 Å². The number of benzene rings is 2. The highest BCUT2D eigenvalue weighted by atomic mass is 35.5. The molecule has 3 N–H and O–H groups in total. The number of nitrogens with one attached hydrogen (secondary N) is 3. The molecule has 0 aliphatic carbocycles. The summed E-state index contributed by atoms with van der Waals surface area (Å²) in [6, 6.07) is 10.3. The van der Waals surface area contributed by atoms with Crippen LogP contribution >= 0.6 is 11.6 Å². The van der Waals surface area contributed by atoms with Gasteiger partial charge < -0.3 is 20.5 Å². The second-order valence-electron chi connectivity index (χ2n) is 9.45. The van der Waals surface area contributed by atoms with Gasteiger partial charge in [0.1, 0.15) is 11.4 Å². The van der Waals surface area contributed by atoms with Crippen molar-refractivity contribution in [3.63, 3.8) is 0 Å². The summed E-state index contributed by atoms with van der Waals surface area (Å²) in [6.45, 7) is 3.00. The molecule has 0 bridgehead atoms. The molecule has 0 atom stereocenters. The number of ketones is 1. The summed E-state index contributed by atoms with van der Waals surface area (Å²) in [5, 5.41) is 5.42. The minimum absolute atomic E-state index is 0.00992. The van der Waals surface area contributed by atoms with Crippen molar-refractivity contribution in [1.82, 2.24) is 14.9 Å². The number of rotatable bonds is 10. The van der Waals surface area contributed by atoms with Gasteiger partial charge in [-0.05, 0) is 81.4 Å². The number of H-pyrrole nitrogens is 1. The fourth-order valence-corrected chi connectivity index (χ4v) is 5.36. The number of halogens is 1. The molecule has 1 fully saturated rings. The number of aromatic amines is 1. The van der Waals surface area contributed by atoms with Gasteiger partial charge in [-0.25, -0.2) is 13.4 Å². The molecule has 1 aromatic heterocycles. The molecule has 1 saturated heterocycles. The van der Waals surface area contributed by atoms with Crippen LogP contribution < -0.4 is 10.6 Å². The van der Waals surface area contributed by atoms with Crippen molar-refractivity contribution in [2.24, 2.45) is 0 Å². The van der Waals surface area contributed by atoms with Gasteiger partial charge in [-0.3, -0.25) is 14.4 Å². The number of carbonyl (C=O) groups is 3. The van der Waals surface area contributed by atoms with E-state index in [2.05, 4.69) is 25.5 Å². The van der Waals surface area contributed by atoms with Crippen molar-refractivity contribution < 1.29 is 22.8 Å². The lowest BCUT2D eigenvalue weighted by molar-refractivity contribution is 0.0952. The number of piperidine rings is 1. The lowest BCUT2D eigenvalue weighted by Gasteiger charge is -2.26. The Kier molecular flexibility index (Phi) is 9.16. The predicted molar refractivity (Wildman–Crippen MR) is 149 cm³/mol. The Balaban J connectivity index is 1.32. The first-order valence-electron chi connectivity index (χ1n) is 12.6. The number of hydrogen-bond acceptors (Lipinski definition) is 7. The number of Topliss-reactive ketones (excluding diaryl/α,β-unsaturated/α-hetero) is 1. The quantitative estimate of drug-likeness (QED) is 0.306. The third kappa shape index (κ3) is 7.53. The SMILES string of the molecule is CS(=O)(=O)c1ccc(C(=O)Nc2ccc(NC(=O)c3[nH]cnc3C(=O)CCCN3CCCCC3)cc2)c(Cl)c1. The molecule has 0 radical (unpaired) electrons. The van der Waals surface area contributed by atoms with Crippen LogP contribution in [0.3, 0.4) is 0 Å². The number of imidazole rings is 1. The van der Waals surface area contributed by atoms with Gasteiger partial charge in [-0.15, -0.1) is 0 Å². The Morgan fingerprint density at radius 1 is 0.974 bits per heavy atom. The monoisotopic (exact) mass is 571 g/mol. The lowest BCUT2D eigenvalue weighted by atomic mass is 10.1. The van der Waals surface area contributed by atoms with Crippen molar-refractivity contribution >= 4 is 50.4 Å². The van der Waals surface area contributed by atoms with E-state index in [1.165, 1.54) is 43.8 Å². The van der Waals surface area contributed by atoms with Crippen molar-refractivity contribution in [3.05, 3.63) is 70.8 Å². The van der Waals surface area contributed by atoms with Gasteiger partial charge in [-0.1, -0.05) is 18.0 Å². The number of nitrogens with zero attached hydrogens (tertiary/aromatic N) is 2. The second kappa shape index (κ2) is 12.5. The first kappa shape index (κ1) is 28.5. The fraction of sp³-hybridized carbons (Fsp3) is 0.333. The first-order chi connectivity index (χ1) is 18.6. The molecule has 12 heteroatoms.